The predicted octanol–water partition coefficient (Wildman–Crippen LogP) is 1.79. The number of rotatable bonds is 2. The van der Waals surface area contributed by atoms with Gasteiger partial charge in [-0.15, -0.1) is 0 Å². The number of benzene rings is 1. The Labute approximate surface area is 89.9 Å². The average molecular weight is 260 g/mol. The first-order chi connectivity index (χ1) is 6.81. The Balaban J connectivity index is 2.35. The number of nitrogens with one attached hydrogen (secondary N) is 1. The summed E-state index contributed by atoms with van der Waals surface area (Å²) in [5.41, 5.74) is 4.09. The molecule has 0 bridgehead atoms. The highest BCUT2D eigenvalue weighted by atomic mass is 79.9. The van der Waals surface area contributed by atoms with Gasteiger partial charge in [0.2, 0.25) is 0 Å². The number of ether oxygens (including phenoxy) is 2. The van der Waals surface area contributed by atoms with Crippen LogP contribution in [0.5, 0.6) is 5.75 Å². The topological polar surface area (TPSA) is 50.7 Å². The highest BCUT2D eigenvalue weighted by molar-refractivity contribution is 9.10. The van der Waals surface area contributed by atoms with E-state index in [9.17, 15) is 0 Å². The van der Waals surface area contributed by atoms with Gasteiger partial charge in [0.1, 0.15) is 5.75 Å². The van der Waals surface area contributed by atoms with E-state index in [1.54, 1.807) is 0 Å². The summed E-state index contributed by atoms with van der Waals surface area (Å²) >= 11 is 3.41. The number of hydrogen-bond donors (Lipinski definition) is 2. The fourth-order valence-corrected chi connectivity index (χ4v) is 1.89. The summed E-state index contributed by atoms with van der Waals surface area (Å²) in [6.45, 7) is 1.25. The third-order valence-electron chi connectivity index (χ3n) is 2.05. The maximum atomic E-state index is 8.61. The molecule has 0 saturated heterocycles. The molecule has 76 valence electrons. The summed E-state index contributed by atoms with van der Waals surface area (Å²) in [5, 5.41) is 8.61. The summed E-state index contributed by atoms with van der Waals surface area (Å²) < 4.78 is 11.4. The van der Waals surface area contributed by atoms with Gasteiger partial charge in [0, 0.05) is 16.6 Å². The molecule has 1 aliphatic rings. The Kier molecular flexibility index (Phi) is 3.02. The zero-order valence-electron chi connectivity index (χ0n) is 7.42. The molecule has 5 heteroatoms. The van der Waals surface area contributed by atoms with Crippen LogP contribution in [-0.4, -0.2) is 12.0 Å². The molecule has 0 aromatic heterocycles. The summed E-state index contributed by atoms with van der Waals surface area (Å²) in [4.78, 5) is 0. The molecular weight excluding hydrogens is 250 g/mol. The van der Waals surface area contributed by atoms with Crippen molar-refractivity contribution in [1.82, 2.24) is 5.48 Å². The van der Waals surface area contributed by atoms with Crippen molar-refractivity contribution in [2.24, 2.45) is 0 Å². The Morgan fingerprint density at radius 2 is 2.36 bits per heavy atom. The first-order valence-corrected chi connectivity index (χ1v) is 4.99. The van der Waals surface area contributed by atoms with Crippen molar-refractivity contribution in [1.29, 1.82) is 0 Å². The van der Waals surface area contributed by atoms with Crippen LogP contribution >= 0.6 is 15.9 Å². The SMILES string of the molecule is ONCc1cc2c(cc1Br)COCO2. The molecule has 2 N–H and O–H groups in total. The zero-order chi connectivity index (χ0) is 9.97. The van der Waals surface area contributed by atoms with Gasteiger partial charge in [-0.25, -0.2) is 5.48 Å². The molecule has 1 aromatic rings. The lowest BCUT2D eigenvalue weighted by atomic mass is 10.1. The molecule has 1 heterocycles. The fraction of sp³-hybridized carbons (Fsp3) is 0.333. The molecule has 0 saturated carbocycles. The maximum Gasteiger partial charge on any atom is 0.189 e. The van der Waals surface area contributed by atoms with E-state index in [1.165, 1.54) is 0 Å². The minimum Gasteiger partial charge on any atom is -0.467 e. The summed E-state index contributed by atoms with van der Waals surface area (Å²) in [6, 6.07) is 3.84. The zero-order valence-corrected chi connectivity index (χ0v) is 9.00. The van der Waals surface area contributed by atoms with Crippen LogP contribution in [0.25, 0.3) is 0 Å². The van der Waals surface area contributed by atoms with Crippen molar-refractivity contribution in [3.63, 3.8) is 0 Å². The van der Waals surface area contributed by atoms with Crippen LogP contribution in [0.15, 0.2) is 16.6 Å². The minimum atomic E-state index is 0.292. The van der Waals surface area contributed by atoms with E-state index < -0.39 is 0 Å². The van der Waals surface area contributed by atoms with Gasteiger partial charge in [0.25, 0.3) is 0 Å². The van der Waals surface area contributed by atoms with Crippen LogP contribution < -0.4 is 10.2 Å². The smallest absolute Gasteiger partial charge is 0.189 e. The third-order valence-corrected chi connectivity index (χ3v) is 2.79. The van der Waals surface area contributed by atoms with E-state index in [2.05, 4.69) is 21.4 Å². The van der Waals surface area contributed by atoms with Crippen LogP contribution in [-0.2, 0) is 17.9 Å². The predicted molar refractivity (Wildman–Crippen MR) is 53.1 cm³/mol. The fourth-order valence-electron chi connectivity index (χ4n) is 1.36. The molecule has 0 unspecified atom stereocenters. The van der Waals surface area contributed by atoms with Gasteiger partial charge in [0.05, 0.1) is 6.61 Å². The van der Waals surface area contributed by atoms with Crippen molar-refractivity contribution in [2.75, 3.05) is 6.79 Å². The van der Waals surface area contributed by atoms with Gasteiger partial charge in [-0.1, -0.05) is 15.9 Å². The number of fused-ring (bicyclic) bond motifs is 1. The van der Waals surface area contributed by atoms with E-state index in [0.717, 1.165) is 21.3 Å². The van der Waals surface area contributed by atoms with Gasteiger partial charge >= 0.3 is 0 Å². The van der Waals surface area contributed by atoms with Gasteiger partial charge in [-0.2, -0.15) is 0 Å². The normalized spacial score (nSPS) is 14.7. The standard InChI is InChI=1S/C9H10BrNO3/c10-8-1-7-4-13-5-14-9(7)2-6(8)3-11-12/h1-2,11-12H,3-5H2. The second-order valence-electron chi connectivity index (χ2n) is 3.00. The molecule has 1 aliphatic heterocycles. The van der Waals surface area contributed by atoms with E-state index in [4.69, 9.17) is 14.7 Å². The largest absolute Gasteiger partial charge is 0.467 e. The molecular formula is C9H10BrNO3. The van der Waals surface area contributed by atoms with E-state index in [-0.39, 0.29) is 0 Å². The van der Waals surface area contributed by atoms with Gasteiger partial charge in [-0.05, 0) is 17.7 Å². The first-order valence-electron chi connectivity index (χ1n) is 4.20. The van der Waals surface area contributed by atoms with Gasteiger partial charge in [-0.3, -0.25) is 0 Å². The Morgan fingerprint density at radius 1 is 1.50 bits per heavy atom. The number of hydroxylamine groups is 1. The van der Waals surface area contributed by atoms with Crippen LogP contribution in [0.4, 0.5) is 0 Å². The molecule has 0 spiro atoms. The van der Waals surface area contributed by atoms with Crippen LogP contribution in [0.3, 0.4) is 0 Å². The Bertz CT molecular complexity index is 343. The first kappa shape index (κ1) is 9.92. The molecule has 2 rings (SSSR count). The van der Waals surface area contributed by atoms with Crippen molar-refractivity contribution in [3.8, 4) is 5.75 Å². The van der Waals surface area contributed by atoms with E-state index in [0.29, 0.717) is 19.9 Å². The Hall–Kier alpha value is -0.620. The van der Waals surface area contributed by atoms with E-state index in [1.807, 2.05) is 12.1 Å². The second kappa shape index (κ2) is 4.27. The molecule has 1 aromatic carbocycles. The van der Waals surface area contributed by atoms with E-state index >= 15 is 0 Å². The highest BCUT2D eigenvalue weighted by Gasteiger charge is 2.13. The maximum absolute atomic E-state index is 8.61. The molecule has 0 fully saturated rings. The molecule has 14 heavy (non-hydrogen) atoms. The molecule has 0 atom stereocenters. The minimum absolute atomic E-state index is 0.292. The lowest BCUT2D eigenvalue weighted by Crippen LogP contribution is -2.13. The van der Waals surface area contributed by atoms with Crippen LogP contribution in [0.1, 0.15) is 11.1 Å². The highest BCUT2D eigenvalue weighted by Crippen LogP contribution is 2.30. The second-order valence-corrected chi connectivity index (χ2v) is 3.85. The monoisotopic (exact) mass is 259 g/mol. The summed E-state index contributed by atoms with van der Waals surface area (Å²) in [7, 11) is 0. The van der Waals surface area contributed by atoms with Crippen LogP contribution in [0.2, 0.25) is 0 Å². The van der Waals surface area contributed by atoms with Gasteiger partial charge in [0.15, 0.2) is 6.79 Å². The average Bonchev–Trinajstić information content (AvgIpc) is 2.19. The van der Waals surface area contributed by atoms with Crippen molar-refractivity contribution in [2.45, 2.75) is 13.2 Å². The van der Waals surface area contributed by atoms with Crippen molar-refractivity contribution >= 4 is 15.9 Å². The summed E-state index contributed by atoms with van der Waals surface area (Å²) in [5.74, 6) is 0.824. The lowest BCUT2D eigenvalue weighted by molar-refractivity contribution is -0.0165. The number of halogens is 1. The van der Waals surface area contributed by atoms with Crippen LogP contribution in [0, 0.1) is 0 Å². The van der Waals surface area contributed by atoms with Gasteiger partial charge < -0.3 is 14.7 Å². The molecule has 0 amide bonds. The van der Waals surface area contributed by atoms with Crippen molar-refractivity contribution in [3.05, 3.63) is 27.7 Å². The molecule has 0 aliphatic carbocycles. The molecule has 4 nitrogen and oxygen atoms in total. The molecule has 0 radical (unpaired) electrons. The van der Waals surface area contributed by atoms with Crippen molar-refractivity contribution < 1.29 is 14.7 Å². The number of hydrogen-bond acceptors (Lipinski definition) is 4. The third kappa shape index (κ3) is 1.90. The summed E-state index contributed by atoms with van der Waals surface area (Å²) in [6.07, 6.45) is 0. The lowest BCUT2D eigenvalue weighted by Gasteiger charge is -2.19. The quantitative estimate of drug-likeness (QED) is 0.796. The Morgan fingerprint density at radius 3 is 3.14 bits per heavy atom.